The first-order valence-corrected chi connectivity index (χ1v) is 8.12. The lowest BCUT2D eigenvalue weighted by molar-refractivity contribution is 0.620. The van der Waals surface area contributed by atoms with E-state index in [0.29, 0.717) is 5.89 Å². The van der Waals surface area contributed by atoms with E-state index in [-0.39, 0.29) is 6.04 Å². The topological polar surface area (TPSA) is 38.1 Å². The number of nitrogens with zero attached hydrogens (tertiary/aromatic N) is 1. The van der Waals surface area contributed by atoms with E-state index < -0.39 is 0 Å². The van der Waals surface area contributed by atoms with Gasteiger partial charge in [-0.15, -0.1) is 0 Å². The molecule has 3 aromatic carbocycles. The first kappa shape index (κ1) is 13.5. The maximum Gasteiger partial charge on any atom is 0.227 e. The van der Waals surface area contributed by atoms with Crippen LogP contribution in [0.25, 0.3) is 33.7 Å². The molecule has 1 N–H and O–H groups in total. The fraction of sp³-hybridized carbons (Fsp3) is 0.0952. The second kappa shape index (κ2) is 5.05. The predicted octanol–water partition coefficient (Wildman–Crippen LogP) is 4.78. The largest absolute Gasteiger partial charge is 0.436 e. The molecule has 0 radical (unpaired) electrons. The van der Waals surface area contributed by atoms with Gasteiger partial charge in [0.05, 0.1) is 6.04 Å². The molecular formula is C21H16N2O. The van der Waals surface area contributed by atoms with Crippen molar-refractivity contribution in [3.63, 3.8) is 0 Å². The molecule has 1 atom stereocenters. The van der Waals surface area contributed by atoms with Gasteiger partial charge in [0.15, 0.2) is 5.58 Å². The molecule has 1 aromatic heterocycles. The second-order valence-corrected chi connectivity index (χ2v) is 6.07. The monoisotopic (exact) mass is 312 g/mol. The van der Waals surface area contributed by atoms with Crippen LogP contribution in [0.15, 0.2) is 71.1 Å². The predicted molar refractivity (Wildman–Crippen MR) is 95.8 cm³/mol. The van der Waals surface area contributed by atoms with Crippen LogP contribution < -0.4 is 5.32 Å². The van der Waals surface area contributed by atoms with Crippen molar-refractivity contribution in [2.24, 2.45) is 0 Å². The number of para-hydroxylation sites is 2. The maximum absolute atomic E-state index is 6.03. The highest BCUT2D eigenvalue weighted by molar-refractivity contribution is 5.90. The first-order chi connectivity index (χ1) is 11.9. The van der Waals surface area contributed by atoms with Crippen LogP contribution in [0.1, 0.15) is 17.2 Å². The Bertz CT molecular complexity index is 1030. The van der Waals surface area contributed by atoms with Crippen molar-refractivity contribution >= 4 is 11.1 Å². The standard InChI is InChI=1S/C21H16N2O/c1-22-20-14-8-3-2-7-13(14)19-15(20)9-6-10-16(19)21-23-17-11-4-5-12-18(17)24-21/h2-12,20,22H,1H3. The maximum atomic E-state index is 6.03. The van der Waals surface area contributed by atoms with Crippen LogP contribution in [0, 0.1) is 0 Å². The van der Waals surface area contributed by atoms with Crippen LogP contribution >= 0.6 is 0 Å². The lowest BCUT2D eigenvalue weighted by Gasteiger charge is -2.12. The molecule has 24 heavy (non-hydrogen) atoms. The molecule has 3 nitrogen and oxygen atoms in total. The van der Waals surface area contributed by atoms with E-state index in [1.54, 1.807) is 0 Å². The van der Waals surface area contributed by atoms with Crippen molar-refractivity contribution in [2.75, 3.05) is 7.05 Å². The summed E-state index contributed by atoms with van der Waals surface area (Å²) in [6.45, 7) is 0. The quantitative estimate of drug-likeness (QED) is 0.578. The van der Waals surface area contributed by atoms with Gasteiger partial charge in [0.1, 0.15) is 5.52 Å². The Morgan fingerprint density at radius 3 is 2.46 bits per heavy atom. The molecule has 0 fully saturated rings. The molecule has 3 heteroatoms. The number of hydrogen-bond acceptors (Lipinski definition) is 3. The van der Waals surface area contributed by atoms with Crippen LogP contribution in [-0.2, 0) is 0 Å². The molecule has 0 aliphatic heterocycles. The fourth-order valence-corrected chi connectivity index (χ4v) is 3.73. The zero-order chi connectivity index (χ0) is 16.1. The highest BCUT2D eigenvalue weighted by Gasteiger charge is 2.30. The third kappa shape index (κ3) is 1.79. The summed E-state index contributed by atoms with van der Waals surface area (Å²) in [5.74, 6) is 0.680. The van der Waals surface area contributed by atoms with E-state index in [1.807, 2.05) is 31.3 Å². The number of hydrogen-bond donors (Lipinski definition) is 1. The third-order valence-electron chi connectivity index (χ3n) is 4.76. The number of rotatable bonds is 2. The summed E-state index contributed by atoms with van der Waals surface area (Å²) in [7, 11) is 2.00. The normalized spacial score (nSPS) is 15.5. The van der Waals surface area contributed by atoms with Gasteiger partial charge < -0.3 is 9.73 Å². The summed E-state index contributed by atoms with van der Waals surface area (Å²) in [5.41, 5.74) is 7.82. The molecule has 0 bridgehead atoms. The average Bonchev–Trinajstić information content (AvgIpc) is 3.20. The molecule has 116 valence electrons. The second-order valence-electron chi connectivity index (χ2n) is 6.07. The van der Waals surface area contributed by atoms with Crippen molar-refractivity contribution in [1.82, 2.24) is 10.3 Å². The Morgan fingerprint density at radius 1 is 0.833 bits per heavy atom. The van der Waals surface area contributed by atoms with Crippen LogP contribution in [0.3, 0.4) is 0 Å². The SMILES string of the molecule is CNC1c2ccccc2-c2c(-c3nc4ccccc4o3)cccc21. The Hall–Kier alpha value is -2.91. The van der Waals surface area contributed by atoms with Crippen LogP contribution in [0.5, 0.6) is 0 Å². The molecular weight excluding hydrogens is 296 g/mol. The van der Waals surface area contributed by atoms with Gasteiger partial charge in [-0.25, -0.2) is 4.98 Å². The summed E-state index contributed by atoms with van der Waals surface area (Å²) in [6.07, 6.45) is 0. The van der Waals surface area contributed by atoms with E-state index >= 15 is 0 Å². The highest BCUT2D eigenvalue weighted by Crippen LogP contribution is 2.47. The molecule has 1 unspecified atom stereocenters. The first-order valence-electron chi connectivity index (χ1n) is 8.12. The smallest absolute Gasteiger partial charge is 0.227 e. The van der Waals surface area contributed by atoms with Crippen molar-refractivity contribution in [3.05, 3.63) is 77.9 Å². The van der Waals surface area contributed by atoms with Crippen LogP contribution in [-0.4, -0.2) is 12.0 Å². The number of aromatic nitrogens is 1. The summed E-state index contributed by atoms with van der Waals surface area (Å²) in [4.78, 5) is 4.70. The lowest BCUT2D eigenvalue weighted by atomic mass is 9.99. The van der Waals surface area contributed by atoms with Gasteiger partial charge in [0.2, 0.25) is 5.89 Å². The molecule has 0 amide bonds. The molecule has 4 aromatic rings. The van der Waals surface area contributed by atoms with Gasteiger partial charge in [-0.05, 0) is 47.5 Å². The number of oxazole rings is 1. The van der Waals surface area contributed by atoms with Crippen molar-refractivity contribution < 1.29 is 4.42 Å². The van der Waals surface area contributed by atoms with Gasteiger partial charge in [-0.3, -0.25) is 0 Å². The van der Waals surface area contributed by atoms with E-state index in [1.165, 1.54) is 22.3 Å². The van der Waals surface area contributed by atoms with Gasteiger partial charge in [-0.1, -0.05) is 48.5 Å². The summed E-state index contributed by atoms with van der Waals surface area (Å²) in [6, 6.07) is 23.0. The Kier molecular flexibility index (Phi) is 2.84. The summed E-state index contributed by atoms with van der Waals surface area (Å²) >= 11 is 0. The number of fused-ring (bicyclic) bond motifs is 4. The molecule has 1 heterocycles. The minimum absolute atomic E-state index is 0.209. The van der Waals surface area contributed by atoms with E-state index in [9.17, 15) is 0 Å². The molecule has 1 aliphatic rings. The minimum Gasteiger partial charge on any atom is -0.436 e. The van der Waals surface area contributed by atoms with Gasteiger partial charge in [0.25, 0.3) is 0 Å². The molecule has 1 aliphatic carbocycles. The molecule has 0 saturated heterocycles. The third-order valence-corrected chi connectivity index (χ3v) is 4.76. The highest BCUT2D eigenvalue weighted by atomic mass is 16.3. The number of nitrogens with one attached hydrogen (secondary N) is 1. The zero-order valence-electron chi connectivity index (χ0n) is 13.3. The van der Waals surface area contributed by atoms with Crippen LogP contribution in [0.4, 0.5) is 0 Å². The van der Waals surface area contributed by atoms with Crippen LogP contribution in [0.2, 0.25) is 0 Å². The average molecular weight is 312 g/mol. The molecule has 0 spiro atoms. The van der Waals surface area contributed by atoms with Gasteiger partial charge >= 0.3 is 0 Å². The molecule has 0 saturated carbocycles. The number of benzene rings is 3. The minimum atomic E-state index is 0.209. The van der Waals surface area contributed by atoms with E-state index in [0.717, 1.165) is 16.7 Å². The van der Waals surface area contributed by atoms with E-state index in [4.69, 9.17) is 9.40 Å². The Balaban J connectivity index is 1.80. The van der Waals surface area contributed by atoms with Crippen molar-refractivity contribution in [3.8, 4) is 22.6 Å². The van der Waals surface area contributed by atoms with Gasteiger partial charge in [-0.2, -0.15) is 0 Å². The molecule has 5 rings (SSSR count). The van der Waals surface area contributed by atoms with Crippen molar-refractivity contribution in [1.29, 1.82) is 0 Å². The fourth-order valence-electron chi connectivity index (χ4n) is 3.73. The lowest BCUT2D eigenvalue weighted by Crippen LogP contribution is -2.14. The zero-order valence-corrected chi connectivity index (χ0v) is 13.3. The van der Waals surface area contributed by atoms with Gasteiger partial charge in [0, 0.05) is 5.56 Å². The van der Waals surface area contributed by atoms with Crippen molar-refractivity contribution in [2.45, 2.75) is 6.04 Å². The Labute approximate surface area is 140 Å². The Morgan fingerprint density at radius 2 is 1.58 bits per heavy atom. The summed E-state index contributed by atoms with van der Waals surface area (Å²) in [5, 5.41) is 3.43. The van der Waals surface area contributed by atoms with E-state index in [2.05, 4.69) is 47.8 Å². The summed E-state index contributed by atoms with van der Waals surface area (Å²) < 4.78 is 6.03.